The van der Waals surface area contributed by atoms with E-state index in [1.165, 1.54) is 0 Å². The third-order valence-corrected chi connectivity index (χ3v) is 6.84. The Morgan fingerprint density at radius 2 is 1.18 bits per heavy atom. The molecule has 0 saturated carbocycles. The van der Waals surface area contributed by atoms with Gasteiger partial charge in [0.1, 0.15) is 12.2 Å². The average Bonchev–Trinajstić information content (AvgIpc) is 3.38. The summed E-state index contributed by atoms with van der Waals surface area (Å²) >= 11 is 0. The first-order valence-corrected chi connectivity index (χ1v) is 12.1. The zero-order valence-corrected chi connectivity index (χ0v) is 19.4. The quantitative estimate of drug-likeness (QED) is 0.493. The Hall–Kier alpha value is -2.54. The van der Waals surface area contributed by atoms with Crippen molar-refractivity contribution in [3.8, 4) is 0 Å². The summed E-state index contributed by atoms with van der Waals surface area (Å²) in [4.78, 5) is 2.35. The van der Waals surface area contributed by atoms with Gasteiger partial charge in [0, 0.05) is 12.6 Å². The van der Waals surface area contributed by atoms with Crippen LogP contribution in [0, 0.1) is 0 Å². The molecular formula is C29H33NO4. The van der Waals surface area contributed by atoms with E-state index in [-0.39, 0.29) is 30.4 Å². The highest BCUT2D eigenvalue weighted by Crippen LogP contribution is 2.38. The van der Waals surface area contributed by atoms with Crippen LogP contribution in [0.25, 0.3) is 0 Å². The molecule has 3 aromatic rings. The van der Waals surface area contributed by atoms with Gasteiger partial charge in [-0.05, 0) is 23.1 Å². The number of benzene rings is 3. The standard InChI is InChI=1S/C29H33NO4/c31-25-16-26-28(33-19-23-12-6-2-7-13-23)29(34-20-24-14-8-3-9-15-24)27(30(26)17-25)21-32-18-22-10-4-1-5-11-22/h1-15,25-29,31H,16-21H2/t25-,26-,27-,28+,29-/m1/s1. The number of fused-ring (bicyclic) bond motifs is 1. The van der Waals surface area contributed by atoms with Gasteiger partial charge in [-0.3, -0.25) is 4.90 Å². The minimum atomic E-state index is -0.348. The molecule has 0 bridgehead atoms. The summed E-state index contributed by atoms with van der Waals surface area (Å²) in [6.07, 6.45) is 0.0722. The average molecular weight is 460 g/mol. The van der Waals surface area contributed by atoms with Crippen LogP contribution in [-0.4, -0.2) is 53.6 Å². The molecule has 2 heterocycles. The Morgan fingerprint density at radius 3 is 1.74 bits per heavy atom. The van der Waals surface area contributed by atoms with Crippen LogP contribution in [0.1, 0.15) is 23.1 Å². The van der Waals surface area contributed by atoms with E-state index in [9.17, 15) is 5.11 Å². The predicted octanol–water partition coefficient (Wildman–Crippen LogP) is 4.19. The molecule has 5 atom stereocenters. The van der Waals surface area contributed by atoms with E-state index in [1.807, 2.05) is 54.6 Å². The van der Waals surface area contributed by atoms with Crippen molar-refractivity contribution < 1.29 is 19.3 Å². The van der Waals surface area contributed by atoms with E-state index >= 15 is 0 Å². The van der Waals surface area contributed by atoms with Crippen molar-refractivity contribution in [3.63, 3.8) is 0 Å². The minimum absolute atomic E-state index is 0.0235. The summed E-state index contributed by atoms with van der Waals surface area (Å²) in [7, 11) is 0. The Morgan fingerprint density at radius 1 is 0.676 bits per heavy atom. The molecule has 178 valence electrons. The minimum Gasteiger partial charge on any atom is -0.392 e. The van der Waals surface area contributed by atoms with Crippen LogP contribution in [0.3, 0.4) is 0 Å². The molecule has 5 nitrogen and oxygen atoms in total. The van der Waals surface area contributed by atoms with Crippen molar-refractivity contribution in [2.24, 2.45) is 0 Å². The second-order valence-corrected chi connectivity index (χ2v) is 9.24. The maximum atomic E-state index is 10.5. The highest BCUT2D eigenvalue weighted by atomic mass is 16.5. The van der Waals surface area contributed by atoms with Crippen LogP contribution in [0.5, 0.6) is 0 Å². The predicted molar refractivity (Wildman–Crippen MR) is 131 cm³/mol. The molecule has 2 fully saturated rings. The highest BCUT2D eigenvalue weighted by Gasteiger charge is 2.54. The lowest BCUT2D eigenvalue weighted by Gasteiger charge is -2.28. The van der Waals surface area contributed by atoms with E-state index in [0.717, 1.165) is 16.7 Å². The van der Waals surface area contributed by atoms with Gasteiger partial charge in [0.2, 0.25) is 0 Å². The molecule has 0 aromatic heterocycles. The normalized spacial score (nSPS) is 26.6. The van der Waals surface area contributed by atoms with E-state index < -0.39 is 0 Å². The monoisotopic (exact) mass is 459 g/mol. The first kappa shape index (κ1) is 23.2. The molecule has 0 aliphatic carbocycles. The second kappa shape index (κ2) is 11.3. The van der Waals surface area contributed by atoms with Crippen molar-refractivity contribution in [1.29, 1.82) is 0 Å². The summed E-state index contributed by atoms with van der Waals surface area (Å²) < 4.78 is 19.2. The van der Waals surface area contributed by atoms with Gasteiger partial charge < -0.3 is 19.3 Å². The molecule has 0 radical (unpaired) electrons. The molecule has 0 amide bonds. The van der Waals surface area contributed by atoms with Gasteiger partial charge in [0.05, 0.1) is 38.6 Å². The van der Waals surface area contributed by atoms with Gasteiger partial charge in [-0.15, -0.1) is 0 Å². The molecule has 5 rings (SSSR count). The molecule has 2 saturated heterocycles. The molecule has 5 heteroatoms. The number of aliphatic hydroxyl groups is 1. The van der Waals surface area contributed by atoms with E-state index in [2.05, 4.69) is 41.3 Å². The molecule has 0 spiro atoms. The summed E-state index contributed by atoms with van der Waals surface area (Å²) in [5.74, 6) is 0. The van der Waals surface area contributed by atoms with Crippen molar-refractivity contribution >= 4 is 0 Å². The van der Waals surface area contributed by atoms with Crippen molar-refractivity contribution in [1.82, 2.24) is 4.90 Å². The number of nitrogens with zero attached hydrogens (tertiary/aromatic N) is 1. The van der Waals surface area contributed by atoms with Crippen molar-refractivity contribution in [3.05, 3.63) is 108 Å². The number of hydrogen-bond acceptors (Lipinski definition) is 5. The fourth-order valence-electron chi connectivity index (χ4n) is 5.21. The third-order valence-electron chi connectivity index (χ3n) is 6.84. The zero-order chi connectivity index (χ0) is 23.2. The van der Waals surface area contributed by atoms with Gasteiger partial charge in [-0.2, -0.15) is 0 Å². The summed E-state index contributed by atoms with van der Waals surface area (Å²) in [5, 5.41) is 10.5. The van der Waals surface area contributed by atoms with Crippen LogP contribution in [0.4, 0.5) is 0 Å². The first-order valence-electron chi connectivity index (χ1n) is 12.1. The number of rotatable bonds is 10. The van der Waals surface area contributed by atoms with E-state index in [1.54, 1.807) is 0 Å². The van der Waals surface area contributed by atoms with Crippen molar-refractivity contribution in [2.45, 2.75) is 56.6 Å². The summed E-state index contributed by atoms with van der Waals surface area (Å²) in [5.41, 5.74) is 3.43. The van der Waals surface area contributed by atoms with Crippen LogP contribution < -0.4 is 0 Å². The van der Waals surface area contributed by atoms with Gasteiger partial charge >= 0.3 is 0 Å². The largest absolute Gasteiger partial charge is 0.392 e. The SMILES string of the molecule is O[C@@H]1C[C@@H]2[C@H](OCc3ccccc3)[C@H](OCc3ccccc3)[C@@H](COCc3ccccc3)N2C1. The topological polar surface area (TPSA) is 51.2 Å². The maximum absolute atomic E-state index is 10.5. The zero-order valence-electron chi connectivity index (χ0n) is 19.4. The lowest BCUT2D eigenvalue weighted by atomic mass is 10.0. The fraction of sp³-hybridized carbons (Fsp3) is 0.379. The molecule has 1 N–H and O–H groups in total. The summed E-state index contributed by atoms with van der Waals surface area (Å²) in [6, 6.07) is 30.8. The molecule has 34 heavy (non-hydrogen) atoms. The Balaban J connectivity index is 1.32. The number of ether oxygens (including phenoxy) is 3. The van der Waals surface area contributed by atoms with Gasteiger partial charge in [-0.25, -0.2) is 0 Å². The Bertz CT molecular complexity index is 1000. The third kappa shape index (κ3) is 5.57. The lowest BCUT2D eigenvalue weighted by molar-refractivity contribution is -0.0901. The van der Waals surface area contributed by atoms with Gasteiger partial charge in [0.25, 0.3) is 0 Å². The maximum Gasteiger partial charge on any atom is 0.103 e. The van der Waals surface area contributed by atoms with Gasteiger partial charge in [-0.1, -0.05) is 91.0 Å². The summed E-state index contributed by atoms with van der Waals surface area (Å²) in [6.45, 7) is 2.76. The van der Waals surface area contributed by atoms with Crippen LogP contribution >= 0.6 is 0 Å². The fourth-order valence-corrected chi connectivity index (χ4v) is 5.21. The van der Waals surface area contributed by atoms with E-state index in [4.69, 9.17) is 14.2 Å². The van der Waals surface area contributed by atoms with Crippen molar-refractivity contribution in [2.75, 3.05) is 13.2 Å². The number of aliphatic hydroxyl groups excluding tert-OH is 1. The molecule has 2 aliphatic rings. The molecule has 3 aromatic carbocycles. The highest BCUT2D eigenvalue weighted by molar-refractivity contribution is 5.16. The lowest BCUT2D eigenvalue weighted by Crippen LogP contribution is -2.43. The van der Waals surface area contributed by atoms with Gasteiger partial charge in [0.15, 0.2) is 0 Å². The molecular weight excluding hydrogens is 426 g/mol. The first-order chi connectivity index (χ1) is 16.8. The smallest absolute Gasteiger partial charge is 0.103 e. The Kier molecular flexibility index (Phi) is 7.69. The van der Waals surface area contributed by atoms with E-state index in [0.29, 0.717) is 39.4 Å². The van der Waals surface area contributed by atoms with Crippen LogP contribution in [-0.2, 0) is 34.0 Å². The van der Waals surface area contributed by atoms with Crippen LogP contribution in [0.15, 0.2) is 91.0 Å². The van der Waals surface area contributed by atoms with Crippen LogP contribution in [0.2, 0.25) is 0 Å². The Labute approximate surface area is 201 Å². The number of hydrogen-bond donors (Lipinski definition) is 1. The molecule has 2 aliphatic heterocycles. The molecule has 0 unspecified atom stereocenters. The second-order valence-electron chi connectivity index (χ2n) is 9.24.